The molecule has 0 saturated carbocycles. The van der Waals surface area contributed by atoms with Gasteiger partial charge in [-0.3, -0.25) is 4.79 Å². The lowest BCUT2D eigenvalue weighted by Gasteiger charge is -2.12. The van der Waals surface area contributed by atoms with Crippen molar-refractivity contribution in [3.63, 3.8) is 0 Å². The first kappa shape index (κ1) is 15.2. The molecule has 21 heavy (non-hydrogen) atoms. The van der Waals surface area contributed by atoms with E-state index in [-0.39, 0.29) is 12.5 Å². The Balaban J connectivity index is 2.17. The number of hydrogen-bond acceptors (Lipinski definition) is 3. The lowest BCUT2D eigenvalue weighted by molar-refractivity contribution is 0.0951. The number of halogens is 1. The van der Waals surface area contributed by atoms with Crippen molar-refractivity contribution in [3.05, 3.63) is 58.1 Å². The highest BCUT2D eigenvalue weighted by molar-refractivity contribution is 6.31. The smallest absolute Gasteiger partial charge is 0.253 e. The van der Waals surface area contributed by atoms with Crippen LogP contribution in [0.15, 0.2) is 36.4 Å². The number of nitrogens with one attached hydrogen (secondary N) is 1. The molecule has 0 atom stereocenters. The largest absolute Gasteiger partial charge is 0.496 e. The predicted octanol–water partition coefficient (Wildman–Crippen LogP) is 3.17. The average molecular weight is 305 g/mol. The Hall–Kier alpha value is -2.20. The van der Waals surface area contributed by atoms with Crippen LogP contribution < -0.4 is 15.8 Å². The molecule has 0 aliphatic rings. The summed E-state index contributed by atoms with van der Waals surface area (Å²) < 4.78 is 5.25. The molecule has 0 aromatic heterocycles. The van der Waals surface area contributed by atoms with Crippen molar-refractivity contribution in [1.29, 1.82) is 0 Å². The fraction of sp³-hybridized carbons (Fsp3) is 0.188. The van der Waals surface area contributed by atoms with Crippen LogP contribution in [0.5, 0.6) is 5.75 Å². The summed E-state index contributed by atoms with van der Waals surface area (Å²) in [7, 11) is 1.57. The van der Waals surface area contributed by atoms with Gasteiger partial charge in [0.25, 0.3) is 5.91 Å². The lowest BCUT2D eigenvalue weighted by atomic mass is 10.1. The number of benzene rings is 2. The van der Waals surface area contributed by atoms with E-state index in [1.807, 2.05) is 13.0 Å². The number of rotatable bonds is 4. The molecule has 0 aliphatic heterocycles. The van der Waals surface area contributed by atoms with E-state index in [4.69, 9.17) is 22.1 Å². The molecule has 0 heterocycles. The molecule has 4 nitrogen and oxygen atoms in total. The summed E-state index contributed by atoms with van der Waals surface area (Å²) in [5.74, 6) is 0.401. The van der Waals surface area contributed by atoms with E-state index in [0.717, 1.165) is 11.1 Å². The minimum atomic E-state index is -0.238. The van der Waals surface area contributed by atoms with Gasteiger partial charge >= 0.3 is 0 Å². The van der Waals surface area contributed by atoms with Gasteiger partial charge in [-0.25, -0.2) is 0 Å². The molecule has 2 rings (SSSR count). The molecule has 2 aromatic carbocycles. The van der Waals surface area contributed by atoms with Gasteiger partial charge in [0.15, 0.2) is 0 Å². The maximum absolute atomic E-state index is 12.2. The van der Waals surface area contributed by atoms with Crippen molar-refractivity contribution < 1.29 is 9.53 Å². The fourth-order valence-electron chi connectivity index (χ4n) is 2.03. The number of carbonyl (C=O) groups excluding carboxylic acids is 1. The summed E-state index contributed by atoms with van der Waals surface area (Å²) in [6.07, 6.45) is 0. The van der Waals surface area contributed by atoms with Crippen LogP contribution in [0.4, 0.5) is 5.69 Å². The first-order valence-electron chi connectivity index (χ1n) is 6.48. The van der Waals surface area contributed by atoms with Crippen molar-refractivity contribution in [3.8, 4) is 5.75 Å². The van der Waals surface area contributed by atoms with Crippen molar-refractivity contribution in [2.75, 3.05) is 12.8 Å². The third-order valence-corrected chi connectivity index (χ3v) is 3.53. The molecule has 5 heteroatoms. The highest BCUT2D eigenvalue weighted by Crippen LogP contribution is 2.26. The Morgan fingerprint density at radius 3 is 2.81 bits per heavy atom. The number of aryl methyl sites for hydroxylation is 1. The quantitative estimate of drug-likeness (QED) is 0.853. The zero-order valence-corrected chi connectivity index (χ0v) is 12.7. The third kappa shape index (κ3) is 3.47. The fourth-order valence-corrected chi connectivity index (χ4v) is 2.27. The molecular formula is C16H17ClN2O2. The first-order valence-corrected chi connectivity index (χ1v) is 6.86. The van der Waals surface area contributed by atoms with Crippen LogP contribution in [-0.2, 0) is 6.54 Å². The van der Waals surface area contributed by atoms with E-state index in [1.54, 1.807) is 37.4 Å². The summed E-state index contributed by atoms with van der Waals surface area (Å²) in [6.45, 7) is 2.18. The van der Waals surface area contributed by atoms with Crippen LogP contribution in [0.25, 0.3) is 0 Å². The molecule has 1 amide bonds. The van der Waals surface area contributed by atoms with Gasteiger partial charge in [-0.05, 0) is 31.2 Å². The zero-order valence-electron chi connectivity index (χ0n) is 11.9. The van der Waals surface area contributed by atoms with E-state index < -0.39 is 0 Å². The topological polar surface area (TPSA) is 64.3 Å². The Kier molecular flexibility index (Phi) is 4.70. The molecule has 0 radical (unpaired) electrons. The Bertz CT molecular complexity index is 671. The highest BCUT2D eigenvalue weighted by atomic mass is 35.5. The summed E-state index contributed by atoms with van der Waals surface area (Å²) in [4.78, 5) is 12.2. The van der Waals surface area contributed by atoms with Crippen LogP contribution in [0.1, 0.15) is 21.5 Å². The lowest BCUT2D eigenvalue weighted by Crippen LogP contribution is -2.24. The maximum atomic E-state index is 12.2. The maximum Gasteiger partial charge on any atom is 0.253 e. The Labute approximate surface area is 128 Å². The first-order chi connectivity index (χ1) is 10.0. The monoisotopic (exact) mass is 304 g/mol. The van der Waals surface area contributed by atoms with E-state index in [2.05, 4.69) is 5.32 Å². The normalized spacial score (nSPS) is 10.2. The molecule has 0 aliphatic carbocycles. The number of anilines is 1. The molecule has 3 N–H and O–H groups in total. The molecule has 0 saturated heterocycles. The average Bonchev–Trinajstić information content (AvgIpc) is 2.47. The van der Waals surface area contributed by atoms with Gasteiger partial charge in [-0.2, -0.15) is 0 Å². The summed E-state index contributed by atoms with van der Waals surface area (Å²) >= 11 is 6.14. The molecular weight excluding hydrogens is 288 g/mol. The number of methoxy groups -OCH3 is 1. The number of nitrogen functional groups attached to an aromatic ring is 1. The van der Waals surface area contributed by atoms with Crippen molar-refractivity contribution in [2.24, 2.45) is 0 Å². The molecule has 0 unspecified atom stereocenters. The summed E-state index contributed by atoms with van der Waals surface area (Å²) in [5, 5.41) is 3.36. The molecule has 0 bridgehead atoms. The van der Waals surface area contributed by atoms with Crippen molar-refractivity contribution in [1.82, 2.24) is 5.32 Å². The van der Waals surface area contributed by atoms with E-state index >= 15 is 0 Å². The molecule has 0 spiro atoms. The molecule has 2 aromatic rings. The SMILES string of the molecule is COc1cccc(Cl)c1CNC(=O)c1cc(C)ccc1N. The van der Waals surface area contributed by atoms with Crippen LogP contribution in [0.3, 0.4) is 0 Å². The Morgan fingerprint density at radius 1 is 1.33 bits per heavy atom. The second kappa shape index (κ2) is 6.50. The van der Waals surface area contributed by atoms with Crippen LogP contribution in [-0.4, -0.2) is 13.0 Å². The second-order valence-corrected chi connectivity index (χ2v) is 5.10. The Morgan fingerprint density at radius 2 is 2.10 bits per heavy atom. The highest BCUT2D eigenvalue weighted by Gasteiger charge is 2.12. The van der Waals surface area contributed by atoms with E-state index in [1.165, 1.54) is 0 Å². The minimum Gasteiger partial charge on any atom is -0.496 e. The molecule has 110 valence electrons. The summed E-state index contributed by atoms with van der Waals surface area (Å²) in [6, 6.07) is 10.7. The standard InChI is InChI=1S/C16H17ClN2O2/c1-10-6-7-14(18)11(8-10)16(20)19-9-12-13(17)4-3-5-15(12)21-2/h3-8H,9,18H2,1-2H3,(H,19,20). The van der Waals surface area contributed by atoms with Crippen molar-refractivity contribution in [2.45, 2.75) is 13.5 Å². The van der Waals surface area contributed by atoms with Crippen LogP contribution in [0.2, 0.25) is 5.02 Å². The number of ether oxygens (including phenoxy) is 1. The van der Waals surface area contributed by atoms with E-state index in [9.17, 15) is 4.79 Å². The van der Waals surface area contributed by atoms with Gasteiger partial charge in [-0.1, -0.05) is 29.3 Å². The minimum absolute atomic E-state index is 0.238. The van der Waals surface area contributed by atoms with Crippen LogP contribution >= 0.6 is 11.6 Å². The number of carbonyl (C=O) groups is 1. The zero-order chi connectivity index (χ0) is 15.4. The van der Waals surface area contributed by atoms with E-state index in [0.29, 0.717) is 22.0 Å². The number of hydrogen-bond donors (Lipinski definition) is 2. The number of amides is 1. The number of nitrogens with two attached hydrogens (primary N) is 1. The second-order valence-electron chi connectivity index (χ2n) is 4.69. The van der Waals surface area contributed by atoms with Gasteiger partial charge in [0.2, 0.25) is 0 Å². The van der Waals surface area contributed by atoms with Gasteiger partial charge in [0, 0.05) is 22.8 Å². The van der Waals surface area contributed by atoms with Crippen LogP contribution in [0, 0.1) is 6.92 Å². The van der Waals surface area contributed by atoms with Gasteiger partial charge < -0.3 is 15.8 Å². The summed E-state index contributed by atoms with van der Waals surface area (Å²) in [5.41, 5.74) is 8.46. The third-order valence-electron chi connectivity index (χ3n) is 3.17. The van der Waals surface area contributed by atoms with Gasteiger partial charge in [0.1, 0.15) is 5.75 Å². The molecule has 0 fully saturated rings. The van der Waals surface area contributed by atoms with Gasteiger partial charge in [-0.15, -0.1) is 0 Å². The van der Waals surface area contributed by atoms with Crippen molar-refractivity contribution >= 4 is 23.2 Å². The van der Waals surface area contributed by atoms with Gasteiger partial charge in [0.05, 0.1) is 12.7 Å². The predicted molar refractivity (Wildman–Crippen MR) is 84.8 cm³/mol.